The molecule has 0 saturated carbocycles. The maximum absolute atomic E-state index is 12.2. The lowest BCUT2D eigenvalue weighted by atomic mass is 10.1. The second-order valence-corrected chi connectivity index (χ2v) is 8.10. The number of halogens is 1. The number of aryl methyl sites for hydroxylation is 1. The first-order valence-electron chi connectivity index (χ1n) is 8.36. The van der Waals surface area contributed by atoms with Gasteiger partial charge in [-0.2, -0.15) is 0 Å². The van der Waals surface area contributed by atoms with Crippen LogP contribution in [0.5, 0.6) is 0 Å². The third-order valence-corrected chi connectivity index (χ3v) is 5.48. The highest BCUT2D eigenvalue weighted by atomic mass is 127. The van der Waals surface area contributed by atoms with E-state index in [1.165, 1.54) is 17.3 Å². The van der Waals surface area contributed by atoms with Gasteiger partial charge in [-0.15, -0.1) is 16.8 Å². The van der Waals surface area contributed by atoms with Crippen molar-refractivity contribution in [2.24, 2.45) is 0 Å². The van der Waals surface area contributed by atoms with Gasteiger partial charge in [0.25, 0.3) is 0 Å². The van der Waals surface area contributed by atoms with Gasteiger partial charge in [-0.05, 0) is 53.8 Å². The average molecular weight is 490 g/mol. The summed E-state index contributed by atoms with van der Waals surface area (Å²) < 4.78 is 3.10. The van der Waals surface area contributed by atoms with Crippen LogP contribution in [-0.2, 0) is 11.3 Å². The molecule has 0 saturated heterocycles. The minimum absolute atomic E-state index is 0.0775. The zero-order valence-corrected chi connectivity index (χ0v) is 17.8. The van der Waals surface area contributed by atoms with Crippen molar-refractivity contribution >= 4 is 45.9 Å². The minimum Gasteiger partial charge on any atom is -0.325 e. The summed E-state index contributed by atoms with van der Waals surface area (Å²) in [6, 6.07) is 15.8. The first kappa shape index (κ1) is 19.6. The quantitative estimate of drug-likeness (QED) is 0.295. The van der Waals surface area contributed by atoms with Gasteiger partial charge in [-0.1, -0.05) is 47.7 Å². The number of amides is 1. The van der Waals surface area contributed by atoms with Crippen LogP contribution in [0.3, 0.4) is 0 Å². The second-order valence-electron chi connectivity index (χ2n) is 5.92. The minimum atomic E-state index is -0.0775. The summed E-state index contributed by atoms with van der Waals surface area (Å²) in [5.74, 6) is 0.955. The van der Waals surface area contributed by atoms with Gasteiger partial charge in [0.1, 0.15) is 0 Å². The van der Waals surface area contributed by atoms with Gasteiger partial charge < -0.3 is 5.32 Å². The van der Waals surface area contributed by atoms with E-state index in [0.717, 1.165) is 20.6 Å². The lowest BCUT2D eigenvalue weighted by molar-refractivity contribution is -0.113. The predicted molar refractivity (Wildman–Crippen MR) is 119 cm³/mol. The van der Waals surface area contributed by atoms with E-state index in [9.17, 15) is 4.79 Å². The normalized spacial score (nSPS) is 10.6. The first-order valence-corrected chi connectivity index (χ1v) is 10.4. The Morgan fingerprint density at radius 2 is 1.89 bits per heavy atom. The van der Waals surface area contributed by atoms with Gasteiger partial charge in [0, 0.05) is 21.4 Å². The molecule has 1 aromatic heterocycles. The lowest BCUT2D eigenvalue weighted by Crippen LogP contribution is -2.14. The van der Waals surface area contributed by atoms with Crippen molar-refractivity contribution in [3.8, 4) is 11.4 Å². The molecule has 0 aliphatic rings. The third kappa shape index (κ3) is 5.20. The number of thioether (sulfide) groups is 1. The van der Waals surface area contributed by atoms with Crippen LogP contribution in [0, 0.1) is 10.5 Å². The fourth-order valence-corrected chi connectivity index (χ4v) is 3.57. The molecule has 1 amide bonds. The van der Waals surface area contributed by atoms with Crippen LogP contribution in [0.4, 0.5) is 5.69 Å². The molecule has 0 unspecified atom stereocenters. The fourth-order valence-electron chi connectivity index (χ4n) is 2.47. The molecule has 0 radical (unpaired) electrons. The van der Waals surface area contributed by atoms with Crippen LogP contribution in [-0.4, -0.2) is 26.4 Å². The number of anilines is 1. The highest BCUT2D eigenvalue weighted by Gasteiger charge is 2.15. The van der Waals surface area contributed by atoms with Crippen LogP contribution >= 0.6 is 34.4 Å². The molecule has 0 spiro atoms. The third-order valence-electron chi connectivity index (χ3n) is 3.80. The molecule has 3 aromatic rings. The molecule has 1 heterocycles. The number of rotatable bonds is 7. The standard InChI is InChI=1S/C20H19IN4OS/c1-3-12-25-19(15-6-4-14(2)5-7-15)23-24-20(25)27-13-18(26)22-17-10-8-16(21)9-11-17/h3-11H,1,12-13H2,2H3,(H,22,26). The Morgan fingerprint density at radius 1 is 1.19 bits per heavy atom. The monoisotopic (exact) mass is 490 g/mol. The van der Waals surface area contributed by atoms with Gasteiger partial charge in [0.05, 0.1) is 5.75 Å². The highest BCUT2D eigenvalue weighted by Crippen LogP contribution is 2.24. The van der Waals surface area contributed by atoms with E-state index in [2.05, 4.69) is 44.7 Å². The maximum Gasteiger partial charge on any atom is 0.234 e. The summed E-state index contributed by atoms with van der Waals surface area (Å²) >= 11 is 3.60. The van der Waals surface area contributed by atoms with E-state index >= 15 is 0 Å². The molecule has 0 fully saturated rings. The van der Waals surface area contributed by atoms with Crippen molar-refractivity contribution in [1.82, 2.24) is 14.8 Å². The summed E-state index contributed by atoms with van der Waals surface area (Å²) in [6.45, 7) is 6.45. The van der Waals surface area contributed by atoms with E-state index in [4.69, 9.17) is 0 Å². The Hall–Kier alpha value is -2.13. The average Bonchev–Trinajstić information content (AvgIpc) is 3.06. The van der Waals surface area contributed by atoms with Gasteiger partial charge in [-0.3, -0.25) is 9.36 Å². The highest BCUT2D eigenvalue weighted by molar-refractivity contribution is 14.1. The number of allylic oxidation sites excluding steroid dienone is 1. The zero-order valence-electron chi connectivity index (χ0n) is 14.9. The topological polar surface area (TPSA) is 59.8 Å². The molecule has 7 heteroatoms. The van der Waals surface area contributed by atoms with Crippen molar-refractivity contribution in [3.63, 3.8) is 0 Å². The molecular formula is C20H19IN4OS. The largest absolute Gasteiger partial charge is 0.325 e. The van der Waals surface area contributed by atoms with E-state index in [1.807, 2.05) is 60.0 Å². The van der Waals surface area contributed by atoms with Crippen LogP contribution in [0.15, 0.2) is 66.3 Å². The van der Waals surface area contributed by atoms with Gasteiger partial charge in [0.15, 0.2) is 11.0 Å². The smallest absolute Gasteiger partial charge is 0.234 e. The summed E-state index contributed by atoms with van der Waals surface area (Å²) in [5, 5.41) is 12.2. The molecule has 5 nitrogen and oxygen atoms in total. The van der Waals surface area contributed by atoms with Crippen molar-refractivity contribution < 1.29 is 4.79 Å². The molecule has 138 valence electrons. The first-order chi connectivity index (χ1) is 13.1. The molecule has 0 aliphatic heterocycles. The number of hydrogen-bond donors (Lipinski definition) is 1. The zero-order chi connectivity index (χ0) is 19.2. The molecule has 0 atom stereocenters. The number of carbonyl (C=O) groups excluding carboxylic acids is 1. The van der Waals surface area contributed by atoms with Gasteiger partial charge >= 0.3 is 0 Å². The fraction of sp³-hybridized carbons (Fsp3) is 0.150. The summed E-state index contributed by atoms with van der Waals surface area (Å²) in [5.41, 5.74) is 2.97. The molecule has 27 heavy (non-hydrogen) atoms. The number of benzene rings is 2. The van der Waals surface area contributed by atoms with Crippen molar-refractivity contribution in [2.45, 2.75) is 18.6 Å². The van der Waals surface area contributed by atoms with E-state index in [0.29, 0.717) is 11.7 Å². The number of aromatic nitrogens is 3. The molecule has 0 aliphatic carbocycles. The van der Waals surface area contributed by atoms with Crippen molar-refractivity contribution in [1.29, 1.82) is 0 Å². The molecule has 2 aromatic carbocycles. The van der Waals surface area contributed by atoms with Crippen molar-refractivity contribution in [2.75, 3.05) is 11.1 Å². The Bertz CT molecular complexity index is 936. The van der Waals surface area contributed by atoms with Crippen LogP contribution in [0.2, 0.25) is 0 Å². The van der Waals surface area contributed by atoms with E-state index in [1.54, 1.807) is 6.08 Å². The number of nitrogens with one attached hydrogen (secondary N) is 1. The Morgan fingerprint density at radius 3 is 2.56 bits per heavy atom. The number of hydrogen-bond acceptors (Lipinski definition) is 4. The predicted octanol–water partition coefficient (Wildman–Crippen LogP) is 4.77. The summed E-state index contributed by atoms with van der Waals surface area (Å²) in [7, 11) is 0. The Labute approximate surface area is 176 Å². The molecule has 0 bridgehead atoms. The Kier molecular flexibility index (Phi) is 6.68. The molecular weight excluding hydrogens is 471 g/mol. The van der Waals surface area contributed by atoms with Crippen molar-refractivity contribution in [3.05, 3.63) is 70.3 Å². The molecule has 3 rings (SSSR count). The summed E-state index contributed by atoms with van der Waals surface area (Å²) in [4.78, 5) is 12.2. The Balaban J connectivity index is 1.70. The SMILES string of the molecule is C=CCn1c(SCC(=O)Nc2ccc(I)cc2)nnc1-c1ccc(C)cc1. The van der Waals surface area contributed by atoms with Crippen LogP contribution in [0.25, 0.3) is 11.4 Å². The van der Waals surface area contributed by atoms with Crippen LogP contribution in [0.1, 0.15) is 5.56 Å². The van der Waals surface area contributed by atoms with E-state index < -0.39 is 0 Å². The molecule has 1 N–H and O–H groups in total. The van der Waals surface area contributed by atoms with E-state index in [-0.39, 0.29) is 11.7 Å². The summed E-state index contributed by atoms with van der Waals surface area (Å²) in [6.07, 6.45) is 1.80. The van der Waals surface area contributed by atoms with Gasteiger partial charge in [-0.25, -0.2) is 0 Å². The second kappa shape index (κ2) is 9.18. The number of nitrogens with zero attached hydrogens (tertiary/aromatic N) is 3. The van der Waals surface area contributed by atoms with Crippen LogP contribution < -0.4 is 5.32 Å². The van der Waals surface area contributed by atoms with Gasteiger partial charge in [0.2, 0.25) is 5.91 Å². The lowest BCUT2D eigenvalue weighted by Gasteiger charge is -2.08. The maximum atomic E-state index is 12.2. The number of carbonyl (C=O) groups is 1.